The van der Waals surface area contributed by atoms with Crippen LogP contribution in [0.25, 0.3) is 16.6 Å². The molecule has 2 aromatic heterocycles. The van der Waals surface area contributed by atoms with E-state index < -0.39 is 6.10 Å². The molecule has 3 rings (SSSR count). The number of aromatic amines is 1. The van der Waals surface area contributed by atoms with E-state index in [4.69, 9.17) is 4.42 Å². The standard InChI is InChI=1S/C14H14N5O2/c1-9(20)10-2-4-11(5-3-10)13-7-6-12(21-13)8-15-14-16-18-19-17-14/h2-7,9,20H,8H2,1H3,(H-,15,16,17,18,19)/q-1/t9-/m1/s1. The van der Waals surface area contributed by atoms with Crippen molar-refractivity contribution in [3.8, 4) is 11.3 Å². The van der Waals surface area contributed by atoms with E-state index in [2.05, 4.69) is 25.9 Å². The number of aromatic nitrogens is 4. The molecule has 3 aromatic rings. The van der Waals surface area contributed by atoms with E-state index in [0.29, 0.717) is 12.5 Å². The number of hydrogen-bond donors (Lipinski definition) is 2. The fraction of sp³-hybridized carbons (Fsp3) is 0.214. The number of benzene rings is 1. The summed E-state index contributed by atoms with van der Waals surface area (Å²) in [5.74, 6) is 1.77. The van der Waals surface area contributed by atoms with Crippen LogP contribution < -0.4 is 0 Å². The van der Waals surface area contributed by atoms with Gasteiger partial charge in [-0.3, -0.25) is 15.4 Å². The summed E-state index contributed by atoms with van der Waals surface area (Å²) in [7, 11) is 0. The van der Waals surface area contributed by atoms with Crippen molar-refractivity contribution in [1.29, 1.82) is 0 Å². The van der Waals surface area contributed by atoms with Gasteiger partial charge in [-0.15, -0.1) is 5.21 Å². The van der Waals surface area contributed by atoms with Crippen molar-refractivity contribution in [2.45, 2.75) is 19.6 Å². The summed E-state index contributed by atoms with van der Waals surface area (Å²) in [6.07, 6.45) is -0.472. The van der Waals surface area contributed by atoms with Crippen LogP contribution in [-0.2, 0) is 6.54 Å². The van der Waals surface area contributed by atoms with Crippen LogP contribution in [0.3, 0.4) is 0 Å². The molecule has 0 radical (unpaired) electrons. The molecule has 108 valence electrons. The van der Waals surface area contributed by atoms with Gasteiger partial charge in [0.1, 0.15) is 11.5 Å². The first kappa shape index (κ1) is 13.3. The van der Waals surface area contributed by atoms with Crippen molar-refractivity contribution in [2.24, 2.45) is 0 Å². The van der Waals surface area contributed by atoms with Gasteiger partial charge < -0.3 is 14.8 Å². The monoisotopic (exact) mass is 284 g/mol. The average molecular weight is 284 g/mol. The number of H-pyrrole nitrogens is 1. The Bertz CT molecular complexity index is 688. The number of nitrogens with one attached hydrogen (secondary N) is 1. The molecular formula is C14H14N5O2-. The van der Waals surface area contributed by atoms with Gasteiger partial charge in [0.05, 0.1) is 12.1 Å². The van der Waals surface area contributed by atoms with Gasteiger partial charge in [0.25, 0.3) is 0 Å². The smallest absolute Gasteiger partial charge is 0.134 e. The summed E-state index contributed by atoms with van der Waals surface area (Å²) in [5.41, 5.74) is 1.82. The Balaban J connectivity index is 1.69. The Hall–Kier alpha value is -2.67. The Morgan fingerprint density at radius 1 is 1.24 bits per heavy atom. The third-order valence-electron chi connectivity index (χ3n) is 3.05. The summed E-state index contributed by atoms with van der Waals surface area (Å²) < 4.78 is 5.73. The third kappa shape index (κ3) is 3.09. The van der Waals surface area contributed by atoms with Crippen LogP contribution in [0.15, 0.2) is 40.8 Å². The highest BCUT2D eigenvalue weighted by atomic mass is 16.3. The second-order valence-corrected chi connectivity index (χ2v) is 4.59. The van der Waals surface area contributed by atoms with Crippen molar-refractivity contribution >= 4 is 5.95 Å². The second-order valence-electron chi connectivity index (χ2n) is 4.59. The molecule has 0 unspecified atom stereocenters. The van der Waals surface area contributed by atoms with Crippen LogP contribution in [0.2, 0.25) is 0 Å². The average Bonchev–Trinajstić information content (AvgIpc) is 3.17. The maximum atomic E-state index is 9.49. The highest BCUT2D eigenvalue weighted by molar-refractivity contribution is 5.58. The lowest BCUT2D eigenvalue weighted by molar-refractivity contribution is 0.199. The summed E-state index contributed by atoms with van der Waals surface area (Å²) >= 11 is 0. The minimum absolute atomic E-state index is 0.300. The summed E-state index contributed by atoms with van der Waals surface area (Å²) in [6, 6.07) is 11.3. The lowest BCUT2D eigenvalue weighted by Gasteiger charge is -2.05. The first-order chi connectivity index (χ1) is 10.2. The van der Waals surface area contributed by atoms with Gasteiger partial charge in [0, 0.05) is 12.1 Å². The molecule has 0 aliphatic heterocycles. The predicted octanol–water partition coefficient (Wildman–Crippen LogP) is 2.72. The zero-order chi connectivity index (χ0) is 14.7. The van der Waals surface area contributed by atoms with Crippen LogP contribution in [0.1, 0.15) is 24.4 Å². The van der Waals surface area contributed by atoms with Crippen LogP contribution in [0, 0.1) is 0 Å². The lowest BCUT2D eigenvalue weighted by atomic mass is 10.1. The van der Waals surface area contributed by atoms with Gasteiger partial charge in [-0.25, -0.2) is 0 Å². The van der Waals surface area contributed by atoms with Gasteiger partial charge in [-0.2, -0.15) is 0 Å². The predicted molar refractivity (Wildman–Crippen MR) is 75.7 cm³/mol. The van der Waals surface area contributed by atoms with Crippen molar-refractivity contribution in [3.63, 3.8) is 0 Å². The van der Waals surface area contributed by atoms with E-state index in [1.54, 1.807) is 6.92 Å². The van der Waals surface area contributed by atoms with Crippen LogP contribution in [-0.4, -0.2) is 25.7 Å². The maximum absolute atomic E-state index is 9.49. The van der Waals surface area contributed by atoms with Gasteiger partial charge in [-0.05, 0) is 24.6 Å². The number of hydrogen-bond acceptors (Lipinski definition) is 5. The Morgan fingerprint density at radius 3 is 2.71 bits per heavy atom. The Labute approximate surface area is 121 Å². The van der Waals surface area contributed by atoms with Crippen LogP contribution >= 0.6 is 0 Å². The minimum atomic E-state index is -0.472. The van der Waals surface area contributed by atoms with Crippen LogP contribution in [0.4, 0.5) is 5.95 Å². The zero-order valence-electron chi connectivity index (χ0n) is 11.4. The minimum Gasteiger partial charge on any atom is -0.461 e. The summed E-state index contributed by atoms with van der Waals surface area (Å²) in [4.78, 5) is 0. The van der Waals surface area contributed by atoms with E-state index in [1.165, 1.54) is 0 Å². The molecule has 0 bridgehead atoms. The topological polar surface area (TPSA) is 102 Å². The number of aliphatic hydroxyl groups is 1. The van der Waals surface area contributed by atoms with Crippen molar-refractivity contribution in [3.05, 3.63) is 53.0 Å². The van der Waals surface area contributed by atoms with E-state index in [9.17, 15) is 5.11 Å². The zero-order valence-corrected chi connectivity index (χ0v) is 11.4. The highest BCUT2D eigenvalue weighted by Gasteiger charge is 2.06. The SMILES string of the molecule is C[C@@H](O)c1ccc(-c2ccc(C[N-]c3nn[nH]n3)o2)cc1. The molecule has 7 nitrogen and oxygen atoms in total. The maximum Gasteiger partial charge on any atom is 0.134 e. The first-order valence-corrected chi connectivity index (χ1v) is 6.50. The molecule has 2 heterocycles. The first-order valence-electron chi connectivity index (χ1n) is 6.50. The summed E-state index contributed by atoms with van der Waals surface area (Å²) in [6.45, 7) is 2.09. The molecule has 1 atom stereocenters. The molecule has 2 N–H and O–H groups in total. The van der Waals surface area contributed by atoms with Gasteiger partial charge in [0.15, 0.2) is 0 Å². The number of aliphatic hydroxyl groups excluding tert-OH is 1. The molecule has 0 aliphatic carbocycles. The fourth-order valence-corrected chi connectivity index (χ4v) is 1.92. The van der Waals surface area contributed by atoms with Gasteiger partial charge in [0.2, 0.25) is 0 Å². The second kappa shape index (κ2) is 5.76. The molecule has 0 spiro atoms. The van der Waals surface area contributed by atoms with E-state index in [1.807, 2.05) is 36.4 Å². The number of tetrazole rings is 1. The lowest BCUT2D eigenvalue weighted by Crippen LogP contribution is -1.89. The van der Waals surface area contributed by atoms with Gasteiger partial charge in [-0.1, -0.05) is 24.3 Å². The molecule has 7 heteroatoms. The molecular weight excluding hydrogens is 270 g/mol. The fourth-order valence-electron chi connectivity index (χ4n) is 1.92. The number of rotatable bonds is 5. The van der Waals surface area contributed by atoms with E-state index in [0.717, 1.165) is 22.6 Å². The van der Waals surface area contributed by atoms with Gasteiger partial charge >= 0.3 is 0 Å². The molecule has 1 aromatic carbocycles. The summed E-state index contributed by atoms with van der Waals surface area (Å²) in [5, 5.41) is 26.9. The van der Waals surface area contributed by atoms with Crippen molar-refractivity contribution < 1.29 is 9.52 Å². The quantitative estimate of drug-likeness (QED) is 0.750. The third-order valence-corrected chi connectivity index (χ3v) is 3.05. The molecule has 21 heavy (non-hydrogen) atoms. The normalized spacial score (nSPS) is 12.3. The molecule has 0 aliphatic rings. The molecule has 0 saturated heterocycles. The number of nitrogens with zero attached hydrogens (tertiary/aromatic N) is 4. The van der Waals surface area contributed by atoms with E-state index in [-0.39, 0.29) is 0 Å². The Morgan fingerprint density at radius 2 is 2.05 bits per heavy atom. The molecule has 0 amide bonds. The number of furan rings is 1. The largest absolute Gasteiger partial charge is 0.461 e. The molecule has 0 fully saturated rings. The Kier molecular flexibility index (Phi) is 3.65. The van der Waals surface area contributed by atoms with Crippen LogP contribution in [0.5, 0.6) is 0 Å². The molecule has 0 saturated carbocycles. The highest BCUT2D eigenvalue weighted by Crippen LogP contribution is 2.25. The van der Waals surface area contributed by atoms with Crippen molar-refractivity contribution in [1.82, 2.24) is 20.6 Å². The van der Waals surface area contributed by atoms with Crippen molar-refractivity contribution in [2.75, 3.05) is 0 Å². The van der Waals surface area contributed by atoms with E-state index >= 15 is 0 Å².